The number of carbonyl (C=O) groups is 3. The topological polar surface area (TPSA) is 110 Å². The Morgan fingerprint density at radius 1 is 1.22 bits per heavy atom. The van der Waals surface area contributed by atoms with Crippen LogP contribution in [0.15, 0.2) is 23.6 Å². The summed E-state index contributed by atoms with van der Waals surface area (Å²) in [6, 6.07) is -1.06. The largest absolute Gasteiger partial charge is 0.467 e. The van der Waals surface area contributed by atoms with Crippen LogP contribution in [0.2, 0.25) is 0 Å². The van der Waals surface area contributed by atoms with Gasteiger partial charge >= 0.3 is 5.97 Å². The van der Waals surface area contributed by atoms with E-state index in [2.05, 4.69) is 27.2 Å². The van der Waals surface area contributed by atoms with Crippen molar-refractivity contribution in [3.63, 3.8) is 0 Å². The van der Waals surface area contributed by atoms with Gasteiger partial charge in [0, 0.05) is 6.54 Å². The van der Waals surface area contributed by atoms with Gasteiger partial charge in [-0.2, -0.15) is 0 Å². The van der Waals surface area contributed by atoms with Crippen LogP contribution in [0.4, 0.5) is 0 Å². The summed E-state index contributed by atoms with van der Waals surface area (Å²) in [6.45, 7) is 8.53. The third kappa shape index (κ3) is 6.21. The molecular weight excluding hydrogens is 368 g/mol. The number of hydrogen-bond acceptors (Lipinski definition) is 7. The van der Waals surface area contributed by atoms with Crippen LogP contribution < -0.4 is 10.6 Å². The lowest BCUT2D eigenvalue weighted by molar-refractivity contribution is -0.142. The Labute approximate surface area is 162 Å². The molecule has 2 N–H and O–H groups in total. The predicted molar refractivity (Wildman–Crippen MR) is 104 cm³/mol. The van der Waals surface area contributed by atoms with E-state index in [1.165, 1.54) is 24.9 Å². The summed E-state index contributed by atoms with van der Waals surface area (Å²) in [5.74, 6) is -1.01. The molecule has 1 rings (SSSR count). The number of carbonyl (C=O) groups excluding carboxylic acids is 3. The van der Waals surface area contributed by atoms with E-state index >= 15 is 0 Å². The van der Waals surface area contributed by atoms with Crippen LogP contribution in [0.5, 0.6) is 0 Å². The lowest BCUT2D eigenvalue weighted by Gasteiger charge is -2.18. The molecule has 1 aromatic rings. The highest BCUT2D eigenvalue weighted by Crippen LogP contribution is 2.12. The SMILES string of the molecule is C=C/C=C(\SC)C(=O)NCC(NC(=O)c1c(C)nc(C)nc1C)C(=O)OC. The molecule has 0 bridgehead atoms. The number of aromatic nitrogens is 2. The zero-order chi connectivity index (χ0) is 20.6. The van der Waals surface area contributed by atoms with Crippen LogP contribution in [-0.2, 0) is 14.3 Å². The molecule has 146 valence electrons. The van der Waals surface area contributed by atoms with E-state index in [0.717, 1.165) is 0 Å². The lowest BCUT2D eigenvalue weighted by Crippen LogP contribution is -2.49. The molecule has 2 amide bonds. The molecule has 0 aliphatic carbocycles. The minimum Gasteiger partial charge on any atom is -0.467 e. The van der Waals surface area contributed by atoms with Crippen molar-refractivity contribution in [3.8, 4) is 0 Å². The van der Waals surface area contributed by atoms with Crippen LogP contribution in [0.25, 0.3) is 0 Å². The van der Waals surface area contributed by atoms with E-state index < -0.39 is 17.9 Å². The van der Waals surface area contributed by atoms with Crippen LogP contribution >= 0.6 is 11.8 Å². The Morgan fingerprint density at radius 2 is 1.81 bits per heavy atom. The number of methoxy groups -OCH3 is 1. The van der Waals surface area contributed by atoms with Gasteiger partial charge in [-0.25, -0.2) is 14.8 Å². The Kier molecular flexibility index (Phi) is 8.67. The summed E-state index contributed by atoms with van der Waals surface area (Å²) in [5, 5.41) is 5.18. The number of nitrogens with one attached hydrogen (secondary N) is 2. The average Bonchev–Trinajstić information content (AvgIpc) is 2.61. The molecule has 0 aromatic carbocycles. The van der Waals surface area contributed by atoms with Crippen molar-refractivity contribution in [2.45, 2.75) is 26.8 Å². The van der Waals surface area contributed by atoms with Gasteiger partial charge in [-0.15, -0.1) is 11.8 Å². The van der Waals surface area contributed by atoms with E-state index in [4.69, 9.17) is 4.74 Å². The number of ether oxygens (including phenoxy) is 1. The molecule has 0 aliphatic rings. The van der Waals surface area contributed by atoms with Gasteiger partial charge in [-0.3, -0.25) is 9.59 Å². The summed E-state index contributed by atoms with van der Waals surface area (Å²) in [6.07, 6.45) is 4.80. The number of allylic oxidation sites excluding steroid dienone is 2. The average molecular weight is 392 g/mol. The normalized spacial score (nSPS) is 12.1. The summed E-state index contributed by atoms with van der Waals surface area (Å²) >= 11 is 1.24. The highest BCUT2D eigenvalue weighted by Gasteiger charge is 2.25. The maximum Gasteiger partial charge on any atom is 0.330 e. The summed E-state index contributed by atoms with van der Waals surface area (Å²) in [5.41, 5.74) is 1.30. The molecule has 9 heteroatoms. The molecule has 1 atom stereocenters. The second-order valence-electron chi connectivity index (χ2n) is 5.55. The Hall–Kier alpha value is -2.68. The lowest BCUT2D eigenvalue weighted by atomic mass is 10.1. The van der Waals surface area contributed by atoms with Crippen LogP contribution in [0.1, 0.15) is 27.6 Å². The van der Waals surface area contributed by atoms with E-state index in [1.54, 1.807) is 33.1 Å². The van der Waals surface area contributed by atoms with E-state index in [0.29, 0.717) is 22.1 Å². The van der Waals surface area contributed by atoms with Gasteiger partial charge < -0.3 is 15.4 Å². The first-order chi connectivity index (χ1) is 12.7. The number of esters is 1. The van der Waals surface area contributed by atoms with Crippen molar-refractivity contribution in [1.82, 2.24) is 20.6 Å². The first kappa shape index (κ1) is 22.4. The van der Waals surface area contributed by atoms with E-state index in [1.807, 2.05) is 0 Å². The Balaban J connectivity index is 2.95. The molecule has 0 spiro atoms. The highest BCUT2D eigenvalue weighted by atomic mass is 32.2. The number of thioether (sulfide) groups is 1. The van der Waals surface area contributed by atoms with E-state index in [-0.39, 0.29) is 18.0 Å². The maximum atomic E-state index is 12.6. The van der Waals surface area contributed by atoms with Gasteiger partial charge in [0.05, 0.1) is 29.0 Å². The third-order valence-electron chi connectivity index (χ3n) is 3.58. The summed E-state index contributed by atoms with van der Waals surface area (Å²) in [7, 11) is 1.21. The minimum absolute atomic E-state index is 0.128. The zero-order valence-corrected chi connectivity index (χ0v) is 16.9. The van der Waals surface area contributed by atoms with Gasteiger partial charge in [0.2, 0.25) is 0 Å². The Bertz CT molecular complexity index is 754. The minimum atomic E-state index is -1.06. The molecule has 8 nitrogen and oxygen atoms in total. The fourth-order valence-electron chi connectivity index (χ4n) is 2.40. The van der Waals surface area contributed by atoms with Crippen molar-refractivity contribution in [2.75, 3.05) is 19.9 Å². The molecule has 0 saturated heterocycles. The molecule has 0 fully saturated rings. The number of amides is 2. The summed E-state index contributed by atoms with van der Waals surface area (Å²) in [4.78, 5) is 45.6. The molecule has 0 radical (unpaired) electrons. The zero-order valence-electron chi connectivity index (χ0n) is 16.1. The fourth-order valence-corrected chi connectivity index (χ4v) is 2.89. The molecule has 0 aliphatic heterocycles. The van der Waals surface area contributed by atoms with E-state index in [9.17, 15) is 14.4 Å². The highest BCUT2D eigenvalue weighted by molar-refractivity contribution is 8.03. The molecule has 0 saturated carbocycles. The smallest absolute Gasteiger partial charge is 0.330 e. The number of aryl methyl sites for hydroxylation is 3. The predicted octanol–water partition coefficient (Wildman–Crippen LogP) is 1.22. The standard InChI is InChI=1S/C18H24N4O4S/c1-7-8-14(27-6)16(23)19-9-13(18(25)26-5)22-17(24)15-10(2)20-12(4)21-11(15)3/h7-8,13H,1,9H2,2-6H3,(H,19,23)(H,22,24)/b14-8-. The summed E-state index contributed by atoms with van der Waals surface area (Å²) < 4.78 is 4.72. The monoisotopic (exact) mass is 392 g/mol. The van der Waals surface area contributed by atoms with Gasteiger partial charge in [-0.1, -0.05) is 12.7 Å². The first-order valence-corrected chi connectivity index (χ1v) is 9.33. The van der Waals surface area contributed by atoms with Crippen molar-refractivity contribution < 1.29 is 19.1 Å². The number of hydrogen-bond donors (Lipinski definition) is 2. The van der Waals surface area contributed by atoms with Gasteiger partial charge in [0.25, 0.3) is 11.8 Å². The Morgan fingerprint density at radius 3 is 2.30 bits per heavy atom. The molecule has 27 heavy (non-hydrogen) atoms. The van der Waals surface area contributed by atoms with Crippen molar-refractivity contribution in [2.24, 2.45) is 0 Å². The van der Waals surface area contributed by atoms with Gasteiger partial charge in [0.1, 0.15) is 11.9 Å². The maximum absolute atomic E-state index is 12.6. The fraction of sp³-hybridized carbons (Fsp3) is 0.389. The second-order valence-corrected chi connectivity index (χ2v) is 6.39. The van der Waals surface area contributed by atoms with Crippen molar-refractivity contribution in [3.05, 3.63) is 46.4 Å². The van der Waals surface area contributed by atoms with Crippen LogP contribution in [-0.4, -0.2) is 53.7 Å². The van der Waals surface area contributed by atoms with Gasteiger partial charge in [-0.05, 0) is 33.1 Å². The second kappa shape index (κ2) is 10.5. The first-order valence-electron chi connectivity index (χ1n) is 8.10. The van der Waals surface area contributed by atoms with Crippen LogP contribution in [0.3, 0.4) is 0 Å². The van der Waals surface area contributed by atoms with Crippen molar-refractivity contribution in [1.29, 1.82) is 0 Å². The molecule has 1 heterocycles. The number of nitrogens with zero attached hydrogens (tertiary/aromatic N) is 2. The molecule has 1 aromatic heterocycles. The molecule has 1 unspecified atom stereocenters. The van der Waals surface area contributed by atoms with Crippen molar-refractivity contribution >= 4 is 29.5 Å². The number of rotatable bonds is 8. The third-order valence-corrected chi connectivity index (χ3v) is 4.34. The van der Waals surface area contributed by atoms with Gasteiger partial charge in [0.15, 0.2) is 0 Å². The van der Waals surface area contributed by atoms with Crippen LogP contribution in [0, 0.1) is 20.8 Å². The quantitative estimate of drug-likeness (QED) is 0.389. The molecular formula is C18H24N4O4S.